The van der Waals surface area contributed by atoms with E-state index >= 15 is 0 Å². The molecule has 0 unspecified atom stereocenters. The van der Waals surface area contributed by atoms with Crippen LogP contribution in [0.5, 0.6) is 11.5 Å². The smallest absolute Gasteiger partial charge is 0.341 e. The lowest BCUT2D eigenvalue weighted by Gasteiger charge is -2.08. The molecule has 1 rings (SSSR count). The van der Waals surface area contributed by atoms with Gasteiger partial charge in [-0.15, -0.1) is 0 Å². The number of carbonyl (C=O) groups is 2. The van der Waals surface area contributed by atoms with Gasteiger partial charge in [0, 0.05) is 11.6 Å². The summed E-state index contributed by atoms with van der Waals surface area (Å²) < 4.78 is 14.8. The van der Waals surface area contributed by atoms with E-state index in [1.54, 1.807) is 25.3 Å². The zero-order valence-electron chi connectivity index (χ0n) is 11.4. The van der Waals surface area contributed by atoms with Crippen LogP contribution in [0.2, 0.25) is 0 Å². The van der Waals surface area contributed by atoms with E-state index in [1.165, 1.54) is 27.2 Å². The Morgan fingerprint density at radius 2 is 1.79 bits per heavy atom. The molecule has 1 aromatic carbocycles. The number of hydrogen-bond acceptors (Lipinski definition) is 5. The van der Waals surface area contributed by atoms with Gasteiger partial charge >= 0.3 is 5.97 Å². The summed E-state index contributed by atoms with van der Waals surface area (Å²) in [4.78, 5) is 22.9. The second-order valence-electron chi connectivity index (χ2n) is 3.71. The predicted molar refractivity (Wildman–Crippen MR) is 70.2 cm³/mol. The Labute approximate surface area is 111 Å². The maximum absolute atomic E-state index is 11.5. The number of benzene rings is 1. The Balaban J connectivity index is 3.28. The van der Waals surface area contributed by atoms with Gasteiger partial charge in [-0.2, -0.15) is 0 Å². The van der Waals surface area contributed by atoms with Crippen LogP contribution in [0.4, 0.5) is 0 Å². The first-order valence-electron chi connectivity index (χ1n) is 5.56. The number of carbonyl (C=O) groups excluding carboxylic acids is 2. The van der Waals surface area contributed by atoms with Crippen molar-refractivity contribution in [3.05, 3.63) is 29.3 Å². The summed E-state index contributed by atoms with van der Waals surface area (Å²) in [6.45, 7) is 1.30. The van der Waals surface area contributed by atoms with Crippen LogP contribution in [-0.2, 0) is 14.3 Å². The lowest BCUT2D eigenvalue weighted by atomic mass is 10.1. The third-order valence-corrected chi connectivity index (χ3v) is 2.53. The van der Waals surface area contributed by atoms with Crippen molar-refractivity contribution < 1.29 is 23.8 Å². The molecule has 0 radical (unpaired) electrons. The first kappa shape index (κ1) is 14.8. The summed E-state index contributed by atoms with van der Waals surface area (Å²) in [6, 6.07) is 5.08. The van der Waals surface area contributed by atoms with Crippen molar-refractivity contribution in [2.45, 2.75) is 6.92 Å². The fraction of sp³-hybridized carbons (Fsp3) is 0.286. The molecule has 1 aromatic rings. The molecule has 19 heavy (non-hydrogen) atoms. The zero-order chi connectivity index (χ0) is 14.4. The van der Waals surface area contributed by atoms with Gasteiger partial charge in [0.1, 0.15) is 17.1 Å². The molecule has 0 aromatic heterocycles. The fourth-order valence-corrected chi connectivity index (χ4v) is 1.51. The van der Waals surface area contributed by atoms with Gasteiger partial charge in [0.15, 0.2) is 5.78 Å². The molecule has 0 amide bonds. The molecule has 0 aliphatic heterocycles. The third kappa shape index (κ3) is 3.58. The minimum atomic E-state index is -0.676. The highest BCUT2D eigenvalue weighted by Crippen LogP contribution is 2.26. The first-order chi connectivity index (χ1) is 9.03. The minimum Gasteiger partial charge on any atom is -0.497 e. The zero-order valence-corrected chi connectivity index (χ0v) is 11.4. The molecular formula is C14H16O5. The van der Waals surface area contributed by atoms with E-state index < -0.39 is 5.97 Å². The number of ether oxygens (including phenoxy) is 3. The van der Waals surface area contributed by atoms with E-state index in [1.807, 2.05) is 0 Å². The Hall–Kier alpha value is -2.30. The molecule has 0 spiro atoms. The van der Waals surface area contributed by atoms with Crippen molar-refractivity contribution in [1.82, 2.24) is 0 Å². The largest absolute Gasteiger partial charge is 0.497 e. The second-order valence-corrected chi connectivity index (χ2v) is 3.71. The molecule has 5 heteroatoms. The highest BCUT2D eigenvalue weighted by atomic mass is 16.5. The summed E-state index contributed by atoms with van der Waals surface area (Å²) in [5, 5.41) is 0. The average molecular weight is 264 g/mol. The molecule has 0 saturated carbocycles. The van der Waals surface area contributed by atoms with Gasteiger partial charge in [-0.1, -0.05) is 0 Å². The maximum Gasteiger partial charge on any atom is 0.341 e. The predicted octanol–water partition coefficient (Wildman–Crippen LogP) is 1.85. The first-order valence-corrected chi connectivity index (χ1v) is 5.56. The average Bonchev–Trinajstić information content (AvgIpc) is 2.43. The summed E-state index contributed by atoms with van der Waals surface area (Å²) in [5.41, 5.74) is 0.560. The van der Waals surface area contributed by atoms with E-state index in [-0.39, 0.29) is 11.4 Å². The molecule has 0 atom stereocenters. The van der Waals surface area contributed by atoms with Crippen LogP contribution < -0.4 is 9.47 Å². The van der Waals surface area contributed by atoms with Crippen molar-refractivity contribution in [3.63, 3.8) is 0 Å². The number of hydrogen-bond donors (Lipinski definition) is 0. The standard InChI is InChI=1S/C14H16O5/c1-9(15)12(14(16)19-4)7-10-5-6-11(17-2)8-13(10)18-3/h5-8H,1-4H3/b12-7-. The van der Waals surface area contributed by atoms with Crippen LogP contribution in [-0.4, -0.2) is 33.1 Å². The molecule has 0 bridgehead atoms. The number of Topliss-reactive ketones (excluding diaryl/α,β-unsaturated/α-hetero) is 1. The van der Waals surface area contributed by atoms with Gasteiger partial charge in [-0.3, -0.25) is 4.79 Å². The topological polar surface area (TPSA) is 61.8 Å². The van der Waals surface area contributed by atoms with Crippen molar-refractivity contribution in [3.8, 4) is 11.5 Å². The monoisotopic (exact) mass is 264 g/mol. The number of rotatable bonds is 5. The highest BCUT2D eigenvalue weighted by Gasteiger charge is 2.16. The van der Waals surface area contributed by atoms with Gasteiger partial charge in [0.05, 0.1) is 21.3 Å². The van der Waals surface area contributed by atoms with Gasteiger partial charge in [0.2, 0.25) is 0 Å². The van der Waals surface area contributed by atoms with Crippen molar-refractivity contribution in [1.29, 1.82) is 0 Å². The van der Waals surface area contributed by atoms with Crippen molar-refractivity contribution >= 4 is 17.8 Å². The van der Waals surface area contributed by atoms with E-state index in [2.05, 4.69) is 4.74 Å². The van der Waals surface area contributed by atoms with Gasteiger partial charge < -0.3 is 14.2 Å². The molecule has 102 valence electrons. The van der Waals surface area contributed by atoms with Gasteiger partial charge in [0.25, 0.3) is 0 Å². The lowest BCUT2D eigenvalue weighted by molar-refractivity contribution is -0.137. The SMILES string of the molecule is COC(=O)/C(=C\c1ccc(OC)cc1OC)C(C)=O. The maximum atomic E-state index is 11.5. The molecule has 0 aliphatic carbocycles. The summed E-state index contributed by atoms with van der Waals surface area (Å²) in [7, 11) is 4.27. The summed E-state index contributed by atoms with van der Waals surface area (Å²) in [6.07, 6.45) is 1.44. The second kappa shape index (κ2) is 6.58. The van der Waals surface area contributed by atoms with Crippen molar-refractivity contribution in [2.24, 2.45) is 0 Å². The molecule has 0 N–H and O–H groups in total. The highest BCUT2D eigenvalue weighted by molar-refractivity contribution is 6.19. The summed E-state index contributed by atoms with van der Waals surface area (Å²) >= 11 is 0. The van der Waals surface area contributed by atoms with Gasteiger partial charge in [-0.25, -0.2) is 4.79 Å². The molecule has 0 aliphatic rings. The van der Waals surface area contributed by atoms with E-state index in [0.29, 0.717) is 17.1 Å². The van der Waals surface area contributed by atoms with Crippen LogP contribution in [0, 0.1) is 0 Å². The molecule has 0 heterocycles. The Kier molecular flexibility index (Phi) is 5.11. The van der Waals surface area contributed by atoms with Crippen molar-refractivity contribution in [2.75, 3.05) is 21.3 Å². The van der Waals surface area contributed by atoms with Crippen LogP contribution in [0.15, 0.2) is 23.8 Å². The molecule has 5 nitrogen and oxygen atoms in total. The molecular weight excluding hydrogens is 248 g/mol. The number of methoxy groups -OCH3 is 3. The van der Waals surface area contributed by atoms with Crippen LogP contribution >= 0.6 is 0 Å². The number of esters is 1. The third-order valence-electron chi connectivity index (χ3n) is 2.53. The normalized spacial score (nSPS) is 10.8. The Morgan fingerprint density at radius 3 is 2.26 bits per heavy atom. The fourth-order valence-electron chi connectivity index (χ4n) is 1.51. The Morgan fingerprint density at radius 1 is 1.11 bits per heavy atom. The van der Waals surface area contributed by atoms with Crippen LogP contribution in [0.1, 0.15) is 12.5 Å². The minimum absolute atomic E-state index is 0.0361. The van der Waals surface area contributed by atoms with E-state index in [9.17, 15) is 9.59 Å². The quantitative estimate of drug-likeness (QED) is 0.351. The van der Waals surface area contributed by atoms with Crippen LogP contribution in [0.25, 0.3) is 6.08 Å². The molecule has 0 saturated heterocycles. The Bertz CT molecular complexity index is 517. The lowest BCUT2D eigenvalue weighted by Crippen LogP contribution is -2.11. The summed E-state index contributed by atoms with van der Waals surface area (Å²) in [5.74, 6) is 0.0774. The van der Waals surface area contributed by atoms with E-state index in [4.69, 9.17) is 9.47 Å². The van der Waals surface area contributed by atoms with Crippen LogP contribution in [0.3, 0.4) is 0 Å². The molecule has 0 fully saturated rings. The van der Waals surface area contributed by atoms with Gasteiger partial charge in [-0.05, 0) is 25.1 Å². The van der Waals surface area contributed by atoms with E-state index in [0.717, 1.165) is 0 Å². The number of ketones is 1.